The first-order valence-corrected chi connectivity index (χ1v) is 8.44. The molecule has 0 radical (unpaired) electrons. The van der Waals surface area contributed by atoms with E-state index in [0.29, 0.717) is 22.6 Å². The van der Waals surface area contributed by atoms with E-state index in [2.05, 4.69) is 52.1 Å². The zero-order valence-corrected chi connectivity index (χ0v) is 15.4. The van der Waals surface area contributed by atoms with E-state index < -0.39 is 0 Å². The van der Waals surface area contributed by atoms with Gasteiger partial charge in [0.1, 0.15) is 11.5 Å². The van der Waals surface area contributed by atoms with Gasteiger partial charge in [-0.2, -0.15) is 0 Å². The Morgan fingerprint density at radius 3 is 2.33 bits per heavy atom. The second-order valence-corrected chi connectivity index (χ2v) is 6.22. The number of methoxy groups -OCH3 is 2. The molecule has 0 unspecified atom stereocenters. The number of carbonyl (C=O) groups is 1. The maximum absolute atomic E-state index is 11.6. The van der Waals surface area contributed by atoms with Crippen molar-refractivity contribution in [1.29, 1.82) is 0 Å². The van der Waals surface area contributed by atoms with Crippen molar-refractivity contribution in [2.75, 3.05) is 14.2 Å². The molecule has 0 amide bonds. The molecule has 1 aromatic heterocycles. The van der Waals surface area contributed by atoms with Crippen LogP contribution in [-0.4, -0.2) is 25.5 Å². The van der Waals surface area contributed by atoms with E-state index in [-0.39, 0.29) is 0 Å². The van der Waals surface area contributed by atoms with Crippen LogP contribution in [0.15, 0.2) is 34.9 Å². The number of H-pyrrole nitrogens is 1. The van der Waals surface area contributed by atoms with E-state index in [4.69, 9.17) is 9.47 Å². The van der Waals surface area contributed by atoms with E-state index in [0.717, 1.165) is 33.8 Å². The normalized spacial score (nSPS) is 10.8. The molecule has 0 bridgehead atoms. The number of hydrogen-bond donors (Lipinski definition) is 1. The molecule has 5 heteroatoms. The fourth-order valence-corrected chi connectivity index (χ4v) is 3.56. The van der Waals surface area contributed by atoms with Crippen LogP contribution in [0.5, 0.6) is 11.5 Å². The number of halogens is 1. The highest BCUT2D eigenvalue weighted by molar-refractivity contribution is 9.10. The molecule has 0 aliphatic rings. The van der Waals surface area contributed by atoms with Crippen molar-refractivity contribution in [3.63, 3.8) is 0 Å². The predicted octanol–water partition coefficient (Wildman–Crippen LogP) is 4.99. The predicted molar refractivity (Wildman–Crippen MR) is 99.3 cm³/mol. The zero-order chi connectivity index (χ0) is 17.3. The molecule has 124 valence electrons. The van der Waals surface area contributed by atoms with Gasteiger partial charge in [0, 0.05) is 11.6 Å². The minimum Gasteiger partial charge on any atom is -0.496 e. The van der Waals surface area contributed by atoms with Crippen molar-refractivity contribution < 1.29 is 14.3 Å². The highest BCUT2D eigenvalue weighted by atomic mass is 79.9. The van der Waals surface area contributed by atoms with Gasteiger partial charge in [0.15, 0.2) is 6.29 Å². The Morgan fingerprint density at radius 2 is 1.79 bits per heavy atom. The van der Waals surface area contributed by atoms with Crippen LogP contribution in [0, 0.1) is 0 Å². The molecule has 24 heavy (non-hydrogen) atoms. The standard InChI is InChI=1S/C19H18BrNO3/c1-4-11-5-7-12(8-6-11)16-17-15(24-3)9-14(23-2)13(10-22)18(17)21-19(16)20/h5-10,21H,4H2,1-3H3. The van der Waals surface area contributed by atoms with Gasteiger partial charge in [-0.15, -0.1) is 0 Å². The lowest BCUT2D eigenvalue weighted by Crippen LogP contribution is -1.95. The average molecular weight is 388 g/mol. The summed E-state index contributed by atoms with van der Waals surface area (Å²) in [4.78, 5) is 14.8. The lowest BCUT2D eigenvalue weighted by Gasteiger charge is -2.11. The molecule has 2 aromatic carbocycles. The van der Waals surface area contributed by atoms with E-state index in [9.17, 15) is 4.79 Å². The van der Waals surface area contributed by atoms with Crippen LogP contribution in [-0.2, 0) is 6.42 Å². The number of fused-ring (bicyclic) bond motifs is 1. The van der Waals surface area contributed by atoms with Crippen LogP contribution in [0.3, 0.4) is 0 Å². The monoisotopic (exact) mass is 387 g/mol. The molecule has 0 fully saturated rings. The lowest BCUT2D eigenvalue weighted by molar-refractivity contribution is 0.112. The Bertz CT molecular complexity index is 897. The van der Waals surface area contributed by atoms with Crippen LogP contribution in [0.25, 0.3) is 22.0 Å². The summed E-state index contributed by atoms with van der Waals surface area (Å²) in [6, 6.07) is 10.1. The number of rotatable bonds is 5. The summed E-state index contributed by atoms with van der Waals surface area (Å²) >= 11 is 3.59. The molecule has 0 saturated heterocycles. The van der Waals surface area contributed by atoms with Crippen molar-refractivity contribution >= 4 is 33.1 Å². The molecule has 0 aliphatic carbocycles. The number of aromatic amines is 1. The molecule has 0 atom stereocenters. The number of aldehydes is 1. The van der Waals surface area contributed by atoms with E-state index in [1.54, 1.807) is 13.2 Å². The maximum atomic E-state index is 11.6. The third kappa shape index (κ3) is 2.59. The van der Waals surface area contributed by atoms with Gasteiger partial charge in [-0.05, 0) is 33.5 Å². The number of carbonyl (C=O) groups excluding carboxylic acids is 1. The van der Waals surface area contributed by atoms with E-state index >= 15 is 0 Å². The number of nitrogens with one attached hydrogen (secondary N) is 1. The van der Waals surface area contributed by atoms with Gasteiger partial charge in [-0.1, -0.05) is 31.2 Å². The summed E-state index contributed by atoms with van der Waals surface area (Å²) in [5, 5.41) is 0.858. The first kappa shape index (κ1) is 16.6. The first-order valence-electron chi connectivity index (χ1n) is 7.65. The van der Waals surface area contributed by atoms with Crippen LogP contribution in [0.2, 0.25) is 0 Å². The van der Waals surface area contributed by atoms with Crippen molar-refractivity contribution in [2.24, 2.45) is 0 Å². The van der Waals surface area contributed by atoms with Crippen LogP contribution < -0.4 is 9.47 Å². The van der Waals surface area contributed by atoms with Crippen LogP contribution in [0.4, 0.5) is 0 Å². The number of benzene rings is 2. The van der Waals surface area contributed by atoms with Gasteiger partial charge in [0.25, 0.3) is 0 Å². The average Bonchev–Trinajstić information content (AvgIpc) is 2.97. The van der Waals surface area contributed by atoms with E-state index in [1.807, 2.05) is 0 Å². The van der Waals surface area contributed by atoms with Crippen molar-refractivity contribution in [3.8, 4) is 22.6 Å². The largest absolute Gasteiger partial charge is 0.496 e. The zero-order valence-electron chi connectivity index (χ0n) is 13.8. The Labute approximate surface area is 148 Å². The molecular formula is C19H18BrNO3. The van der Waals surface area contributed by atoms with Crippen molar-refractivity contribution in [2.45, 2.75) is 13.3 Å². The molecule has 0 spiro atoms. The fourth-order valence-electron chi connectivity index (χ4n) is 2.94. The number of aryl methyl sites for hydroxylation is 1. The smallest absolute Gasteiger partial charge is 0.155 e. The molecule has 1 N–H and O–H groups in total. The highest BCUT2D eigenvalue weighted by Gasteiger charge is 2.21. The van der Waals surface area contributed by atoms with Crippen molar-refractivity contribution in [3.05, 3.63) is 46.1 Å². The number of ether oxygens (including phenoxy) is 2. The maximum Gasteiger partial charge on any atom is 0.155 e. The van der Waals surface area contributed by atoms with Gasteiger partial charge in [-0.3, -0.25) is 4.79 Å². The Morgan fingerprint density at radius 1 is 1.12 bits per heavy atom. The minimum absolute atomic E-state index is 0.477. The molecule has 3 aromatic rings. The summed E-state index contributed by atoms with van der Waals surface area (Å²) < 4.78 is 11.7. The molecule has 4 nitrogen and oxygen atoms in total. The van der Waals surface area contributed by atoms with Gasteiger partial charge in [-0.25, -0.2) is 0 Å². The summed E-state index contributed by atoms with van der Waals surface area (Å²) in [7, 11) is 3.15. The summed E-state index contributed by atoms with van der Waals surface area (Å²) in [6.07, 6.45) is 1.79. The summed E-state index contributed by atoms with van der Waals surface area (Å²) in [5.41, 5.74) is 4.46. The molecule has 1 heterocycles. The Balaban J connectivity index is 2.35. The Hall–Kier alpha value is -2.27. The van der Waals surface area contributed by atoms with Crippen LogP contribution in [0.1, 0.15) is 22.8 Å². The molecular weight excluding hydrogens is 370 g/mol. The highest BCUT2D eigenvalue weighted by Crippen LogP contribution is 2.44. The molecule has 0 saturated carbocycles. The second-order valence-electron chi connectivity index (χ2n) is 5.43. The summed E-state index contributed by atoms with van der Waals surface area (Å²) in [6.45, 7) is 2.13. The van der Waals surface area contributed by atoms with Crippen LogP contribution >= 0.6 is 15.9 Å². The fraction of sp³-hybridized carbons (Fsp3) is 0.211. The number of hydrogen-bond acceptors (Lipinski definition) is 3. The van der Waals surface area contributed by atoms with Gasteiger partial charge >= 0.3 is 0 Å². The molecule has 3 rings (SSSR count). The summed E-state index contributed by atoms with van der Waals surface area (Å²) in [5.74, 6) is 1.14. The third-order valence-electron chi connectivity index (χ3n) is 4.21. The lowest BCUT2D eigenvalue weighted by atomic mass is 10.00. The first-order chi connectivity index (χ1) is 11.6. The third-order valence-corrected chi connectivity index (χ3v) is 4.80. The Kier molecular flexibility index (Phi) is 4.62. The topological polar surface area (TPSA) is 51.3 Å². The quantitative estimate of drug-likeness (QED) is 0.627. The minimum atomic E-state index is 0.477. The van der Waals surface area contributed by atoms with Gasteiger partial charge in [0.05, 0.1) is 35.3 Å². The SMILES string of the molecule is CCc1ccc(-c2c(Br)[nH]c3c(C=O)c(OC)cc(OC)c23)cc1. The number of aromatic nitrogens is 1. The van der Waals surface area contributed by atoms with Gasteiger partial charge < -0.3 is 14.5 Å². The van der Waals surface area contributed by atoms with Crippen molar-refractivity contribution in [1.82, 2.24) is 4.98 Å². The second kappa shape index (κ2) is 6.69. The van der Waals surface area contributed by atoms with Gasteiger partial charge in [0.2, 0.25) is 0 Å². The molecule has 0 aliphatic heterocycles. The van der Waals surface area contributed by atoms with E-state index in [1.165, 1.54) is 12.7 Å².